The Morgan fingerprint density at radius 3 is 2.76 bits per heavy atom. The molecule has 1 heterocycles. The summed E-state index contributed by atoms with van der Waals surface area (Å²) in [7, 11) is 0. The van der Waals surface area contributed by atoms with Crippen LogP contribution in [0.2, 0.25) is 0 Å². The van der Waals surface area contributed by atoms with Gasteiger partial charge in [0.1, 0.15) is 0 Å². The number of benzene rings is 1. The number of carbonyl (C=O) groups excluding carboxylic acids is 1. The first-order valence-corrected chi connectivity index (χ1v) is 6.27. The van der Waals surface area contributed by atoms with E-state index in [2.05, 4.69) is 16.5 Å². The molecule has 6 heteroatoms. The Labute approximate surface area is 119 Å². The molecule has 0 amide bonds. The molecule has 0 aliphatic heterocycles. The fourth-order valence-corrected chi connectivity index (χ4v) is 1.96. The molecule has 4 nitrogen and oxygen atoms in total. The van der Waals surface area contributed by atoms with Gasteiger partial charge in [0.25, 0.3) is 0 Å². The van der Waals surface area contributed by atoms with Gasteiger partial charge in [-0.2, -0.15) is 0 Å². The van der Waals surface area contributed by atoms with Crippen LogP contribution in [-0.2, 0) is 16.1 Å². The van der Waals surface area contributed by atoms with Crippen LogP contribution in [0.4, 0.5) is 8.78 Å². The van der Waals surface area contributed by atoms with Crippen molar-refractivity contribution in [2.45, 2.75) is 20.3 Å². The molecule has 0 radical (unpaired) electrons. The van der Waals surface area contributed by atoms with Crippen LogP contribution in [0.25, 0.3) is 10.9 Å². The third-order valence-corrected chi connectivity index (χ3v) is 3.04. The van der Waals surface area contributed by atoms with E-state index in [0.717, 1.165) is 12.1 Å². The zero-order valence-electron chi connectivity index (χ0n) is 11.6. The van der Waals surface area contributed by atoms with Gasteiger partial charge in [0.2, 0.25) is 0 Å². The van der Waals surface area contributed by atoms with E-state index < -0.39 is 17.6 Å². The highest BCUT2D eigenvalue weighted by Crippen LogP contribution is 2.33. The van der Waals surface area contributed by atoms with Crippen LogP contribution in [0, 0.1) is 18.6 Å². The Morgan fingerprint density at radius 2 is 2.14 bits per heavy atom. The van der Waals surface area contributed by atoms with Gasteiger partial charge in [-0.1, -0.05) is 13.5 Å². The first-order valence-electron chi connectivity index (χ1n) is 6.27. The SMILES string of the molecule is C=CC(=O)OOc1c(C)c(CC)nc2ccc(F)c(F)c12. The molecule has 0 bridgehead atoms. The van der Waals surface area contributed by atoms with Gasteiger partial charge in [0.05, 0.1) is 10.9 Å². The lowest BCUT2D eigenvalue weighted by molar-refractivity contribution is -0.206. The van der Waals surface area contributed by atoms with Crippen molar-refractivity contribution in [2.75, 3.05) is 0 Å². The van der Waals surface area contributed by atoms with Gasteiger partial charge in [0, 0.05) is 17.3 Å². The van der Waals surface area contributed by atoms with Gasteiger partial charge in [-0.15, -0.1) is 0 Å². The average molecular weight is 293 g/mol. The normalized spacial score (nSPS) is 10.5. The van der Waals surface area contributed by atoms with E-state index in [9.17, 15) is 13.6 Å². The fourth-order valence-electron chi connectivity index (χ4n) is 1.96. The molecular weight excluding hydrogens is 280 g/mol. The molecule has 0 aliphatic carbocycles. The number of fused-ring (bicyclic) bond motifs is 1. The highest BCUT2D eigenvalue weighted by atomic mass is 19.2. The number of carbonyl (C=O) groups is 1. The zero-order chi connectivity index (χ0) is 15.6. The number of hydrogen-bond donors (Lipinski definition) is 0. The summed E-state index contributed by atoms with van der Waals surface area (Å²) in [6.07, 6.45) is 1.46. The van der Waals surface area contributed by atoms with Crippen molar-refractivity contribution in [3.05, 3.63) is 47.7 Å². The molecule has 2 aromatic rings. The third kappa shape index (κ3) is 2.69. The summed E-state index contributed by atoms with van der Waals surface area (Å²) < 4.78 is 27.5. The van der Waals surface area contributed by atoms with E-state index in [0.29, 0.717) is 17.7 Å². The summed E-state index contributed by atoms with van der Waals surface area (Å²) in [5.41, 5.74) is 1.34. The summed E-state index contributed by atoms with van der Waals surface area (Å²) in [6, 6.07) is 2.33. The van der Waals surface area contributed by atoms with E-state index in [1.807, 2.05) is 6.92 Å². The topological polar surface area (TPSA) is 48.4 Å². The van der Waals surface area contributed by atoms with Crippen LogP contribution in [0.3, 0.4) is 0 Å². The van der Waals surface area contributed by atoms with Crippen molar-refractivity contribution in [3.8, 4) is 5.75 Å². The molecule has 0 fully saturated rings. The van der Waals surface area contributed by atoms with Crippen molar-refractivity contribution >= 4 is 16.9 Å². The maximum absolute atomic E-state index is 14.0. The Balaban J connectivity index is 2.68. The van der Waals surface area contributed by atoms with Crippen LogP contribution in [0.1, 0.15) is 18.2 Å². The molecule has 0 aliphatic rings. The van der Waals surface area contributed by atoms with Crippen molar-refractivity contribution in [2.24, 2.45) is 0 Å². The summed E-state index contributed by atoms with van der Waals surface area (Å²) in [5.74, 6) is -3.04. The van der Waals surface area contributed by atoms with E-state index in [-0.39, 0.29) is 16.7 Å². The number of aryl methyl sites for hydroxylation is 1. The van der Waals surface area contributed by atoms with Crippen molar-refractivity contribution in [1.29, 1.82) is 0 Å². The molecule has 0 saturated heterocycles. The first-order chi connectivity index (χ1) is 9.99. The van der Waals surface area contributed by atoms with Gasteiger partial charge in [-0.05, 0) is 25.5 Å². The summed E-state index contributed by atoms with van der Waals surface area (Å²) in [6.45, 7) is 6.72. The standard InChI is InChI=1S/C15H13F2NO3/c1-4-10-8(3)15(21-20-12(19)5-2)13-11(18-10)7-6-9(16)14(13)17/h5-7H,2,4H2,1,3H3. The number of nitrogens with zero attached hydrogens (tertiary/aromatic N) is 1. The van der Waals surface area contributed by atoms with Crippen molar-refractivity contribution < 1.29 is 23.4 Å². The van der Waals surface area contributed by atoms with Gasteiger partial charge < -0.3 is 0 Å². The minimum absolute atomic E-state index is 0.0657. The largest absolute Gasteiger partial charge is 0.378 e. The average Bonchev–Trinajstić information content (AvgIpc) is 2.49. The van der Waals surface area contributed by atoms with Crippen molar-refractivity contribution in [3.63, 3.8) is 0 Å². The lowest BCUT2D eigenvalue weighted by Gasteiger charge is -2.13. The Kier molecular flexibility index (Phi) is 4.16. The monoisotopic (exact) mass is 293 g/mol. The Morgan fingerprint density at radius 1 is 1.43 bits per heavy atom. The molecular formula is C15H13F2NO3. The van der Waals surface area contributed by atoms with E-state index in [1.54, 1.807) is 6.92 Å². The molecule has 1 aromatic heterocycles. The first kappa shape index (κ1) is 14.9. The van der Waals surface area contributed by atoms with Crippen LogP contribution < -0.4 is 4.89 Å². The third-order valence-electron chi connectivity index (χ3n) is 3.04. The predicted molar refractivity (Wildman–Crippen MR) is 72.7 cm³/mol. The molecule has 2 rings (SSSR count). The highest BCUT2D eigenvalue weighted by Gasteiger charge is 2.20. The number of pyridine rings is 1. The van der Waals surface area contributed by atoms with Gasteiger partial charge in [-0.3, -0.25) is 9.87 Å². The minimum Gasteiger partial charge on any atom is -0.285 e. The van der Waals surface area contributed by atoms with Crippen LogP contribution in [0.15, 0.2) is 24.8 Å². The van der Waals surface area contributed by atoms with Crippen LogP contribution >= 0.6 is 0 Å². The Bertz CT molecular complexity index is 729. The molecule has 0 spiro atoms. The van der Waals surface area contributed by atoms with E-state index >= 15 is 0 Å². The fraction of sp³-hybridized carbons (Fsp3) is 0.200. The van der Waals surface area contributed by atoms with Crippen molar-refractivity contribution in [1.82, 2.24) is 4.98 Å². The Hall–Kier alpha value is -2.50. The van der Waals surface area contributed by atoms with Gasteiger partial charge in [-0.25, -0.2) is 18.5 Å². The van der Waals surface area contributed by atoms with Gasteiger partial charge in [0.15, 0.2) is 17.4 Å². The molecule has 0 N–H and O–H groups in total. The highest BCUT2D eigenvalue weighted by molar-refractivity contribution is 5.88. The summed E-state index contributed by atoms with van der Waals surface area (Å²) in [4.78, 5) is 24.7. The summed E-state index contributed by atoms with van der Waals surface area (Å²) >= 11 is 0. The van der Waals surface area contributed by atoms with E-state index in [1.165, 1.54) is 6.07 Å². The second kappa shape index (κ2) is 5.87. The zero-order valence-corrected chi connectivity index (χ0v) is 11.6. The van der Waals surface area contributed by atoms with E-state index in [4.69, 9.17) is 4.89 Å². The second-order valence-electron chi connectivity index (χ2n) is 4.31. The second-order valence-corrected chi connectivity index (χ2v) is 4.31. The number of hydrogen-bond acceptors (Lipinski definition) is 4. The van der Waals surface area contributed by atoms with Crippen LogP contribution in [-0.4, -0.2) is 11.0 Å². The number of aromatic nitrogens is 1. The molecule has 0 atom stereocenters. The predicted octanol–water partition coefficient (Wildman–Crippen LogP) is 3.41. The lowest BCUT2D eigenvalue weighted by atomic mass is 10.1. The van der Waals surface area contributed by atoms with Crippen LogP contribution in [0.5, 0.6) is 5.75 Å². The molecule has 0 saturated carbocycles. The summed E-state index contributed by atoms with van der Waals surface area (Å²) in [5, 5.41) is -0.165. The maximum Gasteiger partial charge on any atom is 0.378 e. The van der Waals surface area contributed by atoms with Gasteiger partial charge >= 0.3 is 5.97 Å². The smallest absolute Gasteiger partial charge is 0.285 e. The molecule has 0 unspecified atom stereocenters. The number of halogens is 2. The maximum atomic E-state index is 14.0. The number of rotatable bonds is 4. The lowest BCUT2D eigenvalue weighted by Crippen LogP contribution is -2.08. The quantitative estimate of drug-likeness (QED) is 0.492. The molecule has 1 aromatic carbocycles. The molecule has 21 heavy (non-hydrogen) atoms. The minimum atomic E-state index is -1.10. The molecule has 110 valence electrons.